The predicted octanol–water partition coefficient (Wildman–Crippen LogP) is 2.35. The van der Waals surface area contributed by atoms with E-state index >= 15 is 0 Å². The number of nitrogens with one attached hydrogen (secondary N) is 1. The maximum Gasteiger partial charge on any atom is 0.423 e. The summed E-state index contributed by atoms with van der Waals surface area (Å²) in [5.74, 6) is -3.20. The molecule has 0 aromatic heterocycles. The number of nitrogens with zero attached hydrogens (tertiary/aromatic N) is 2. The Kier molecular flexibility index (Phi) is 3.46. The van der Waals surface area contributed by atoms with E-state index in [2.05, 4.69) is 5.32 Å². The number of amides is 2. The number of fused-ring (bicyclic) bond motifs is 1. The number of rotatable bonds is 1. The molecular weight excluding hydrogens is 340 g/mol. The maximum atomic E-state index is 12.9. The van der Waals surface area contributed by atoms with Crippen LogP contribution in [0.25, 0.3) is 0 Å². The largest absolute Gasteiger partial charge is 0.423 e. The highest BCUT2D eigenvalue weighted by Crippen LogP contribution is 2.50. The number of carbonyl (C=O) groups is 2. The van der Waals surface area contributed by atoms with E-state index in [0.717, 1.165) is 0 Å². The Morgan fingerprint density at radius 2 is 1.65 bits per heavy atom. The molecule has 13 heteroatoms. The Morgan fingerprint density at radius 3 is 2.09 bits per heavy atom. The number of halogens is 6. The molecule has 7 nitrogen and oxygen atoms in total. The molecule has 23 heavy (non-hydrogen) atoms. The number of carbonyl (C=O) groups excluding carboxylic acids is 2. The third kappa shape index (κ3) is 2.76. The summed E-state index contributed by atoms with van der Waals surface area (Å²) in [6.45, 7) is 0. The van der Waals surface area contributed by atoms with E-state index in [1.807, 2.05) is 0 Å². The molecule has 1 aliphatic heterocycles. The molecular formula is C10H2F6N3O4. The van der Waals surface area contributed by atoms with Gasteiger partial charge < -0.3 is 5.32 Å². The Labute approximate surface area is 121 Å². The van der Waals surface area contributed by atoms with Gasteiger partial charge in [-0.3, -0.25) is 19.7 Å². The van der Waals surface area contributed by atoms with Gasteiger partial charge in [0.2, 0.25) is 0 Å². The van der Waals surface area contributed by atoms with Crippen LogP contribution in [0.5, 0.6) is 0 Å². The van der Waals surface area contributed by atoms with Gasteiger partial charge in [0.25, 0.3) is 0 Å². The van der Waals surface area contributed by atoms with Crippen LogP contribution in [0.4, 0.5) is 43.4 Å². The maximum absolute atomic E-state index is 12.9. The van der Waals surface area contributed by atoms with Crippen molar-refractivity contribution < 1.29 is 40.9 Å². The molecule has 1 aliphatic rings. The highest BCUT2D eigenvalue weighted by atomic mass is 19.4. The second-order valence-electron chi connectivity index (χ2n) is 4.17. The molecule has 1 radical (unpaired) electrons. The van der Waals surface area contributed by atoms with Crippen LogP contribution in [0.1, 0.15) is 11.1 Å². The molecule has 123 valence electrons. The topological polar surface area (TPSA) is 103 Å². The van der Waals surface area contributed by atoms with Crippen LogP contribution < -0.4 is 10.6 Å². The van der Waals surface area contributed by atoms with Gasteiger partial charge in [0.15, 0.2) is 5.69 Å². The van der Waals surface area contributed by atoms with Crippen molar-refractivity contribution in [1.29, 1.82) is 0 Å². The lowest BCUT2D eigenvalue weighted by molar-refractivity contribution is -0.387. The lowest BCUT2D eigenvalue weighted by Gasteiger charge is -2.21. The van der Waals surface area contributed by atoms with Crippen molar-refractivity contribution in [1.82, 2.24) is 5.32 Å². The fraction of sp³-hybridized carbons (Fsp3) is 0.200. The molecule has 1 aromatic rings. The van der Waals surface area contributed by atoms with Crippen molar-refractivity contribution in [2.75, 3.05) is 5.32 Å². The smallest absolute Gasteiger partial charge is 0.316 e. The van der Waals surface area contributed by atoms with Crippen LogP contribution in [-0.4, -0.2) is 16.7 Å². The van der Waals surface area contributed by atoms with Crippen LogP contribution in [0.3, 0.4) is 0 Å². The molecule has 0 saturated heterocycles. The Bertz CT molecular complexity index is 740. The van der Waals surface area contributed by atoms with Crippen LogP contribution in [-0.2, 0) is 21.9 Å². The van der Waals surface area contributed by atoms with E-state index in [-0.39, 0.29) is 6.07 Å². The molecule has 0 unspecified atom stereocenters. The van der Waals surface area contributed by atoms with Gasteiger partial charge in [-0.05, 0) is 6.07 Å². The molecule has 1 heterocycles. The Hall–Kier alpha value is -2.86. The van der Waals surface area contributed by atoms with Crippen LogP contribution >= 0.6 is 0 Å². The molecule has 1 aromatic carbocycles. The molecule has 2 amide bonds. The number of hydrogen-bond acceptors (Lipinski definition) is 4. The summed E-state index contributed by atoms with van der Waals surface area (Å²) in [6.07, 6.45) is -11.3. The summed E-state index contributed by atoms with van der Waals surface area (Å²) in [5.41, 5.74) is -9.33. The number of nitro benzene ring substituents is 1. The van der Waals surface area contributed by atoms with Crippen molar-refractivity contribution in [2.24, 2.45) is 0 Å². The summed E-state index contributed by atoms with van der Waals surface area (Å²) >= 11 is 0. The lowest BCUT2D eigenvalue weighted by atomic mass is 9.99. The van der Waals surface area contributed by atoms with E-state index in [9.17, 15) is 46.0 Å². The highest BCUT2D eigenvalue weighted by molar-refractivity contribution is 6.42. The first-order valence-electron chi connectivity index (χ1n) is 5.41. The van der Waals surface area contributed by atoms with E-state index < -0.39 is 57.3 Å². The van der Waals surface area contributed by atoms with Gasteiger partial charge in [-0.25, -0.2) is 0 Å². The SMILES string of the molecule is O=C1[N]c2c(cc(C(F)(F)F)c(C(F)(F)F)c2[N+](=O)[O-])NC1=O. The normalized spacial score (nSPS) is 14.9. The summed E-state index contributed by atoms with van der Waals surface area (Å²) in [4.78, 5) is 31.2. The van der Waals surface area contributed by atoms with Crippen LogP contribution in [0.2, 0.25) is 0 Å². The third-order valence-electron chi connectivity index (χ3n) is 2.70. The highest BCUT2D eigenvalue weighted by Gasteiger charge is 2.51. The number of benzene rings is 1. The number of alkyl halides is 6. The first-order chi connectivity index (χ1) is 10.3. The van der Waals surface area contributed by atoms with Gasteiger partial charge >= 0.3 is 29.9 Å². The minimum atomic E-state index is -5.75. The zero-order chi connectivity index (χ0) is 17.7. The van der Waals surface area contributed by atoms with Crippen molar-refractivity contribution in [3.05, 3.63) is 27.3 Å². The van der Waals surface area contributed by atoms with Gasteiger partial charge in [0.1, 0.15) is 5.56 Å². The fourth-order valence-corrected chi connectivity index (χ4v) is 1.88. The van der Waals surface area contributed by atoms with E-state index in [1.54, 1.807) is 5.32 Å². The Morgan fingerprint density at radius 1 is 1.09 bits per heavy atom. The molecule has 0 saturated carbocycles. The molecule has 0 atom stereocenters. The van der Waals surface area contributed by atoms with Crippen molar-refractivity contribution >= 4 is 28.9 Å². The average molecular weight is 342 g/mol. The van der Waals surface area contributed by atoms with Crippen molar-refractivity contribution in [3.63, 3.8) is 0 Å². The lowest BCUT2D eigenvalue weighted by Crippen LogP contribution is -2.34. The average Bonchev–Trinajstić information content (AvgIpc) is 2.35. The molecule has 0 fully saturated rings. The number of anilines is 1. The molecule has 0 spiro atoms. The second-order valence-corrected chi connectivity index (χ2v) is 4.17. The van der Waals surface area contributed by atoms with Gasteiger partial charge in [0, 0.05) is 0 Å². The summed E-state index contributed by atoms with van der Waals surface area (Å²) in [7, 11) is 0. The fourth-order valence-electron chi connectivity index (χ4n) is 1.88. The van der Waals surface area contributed by atoms with Gasteiger partial charge in [-0.2, -0.15) is 31.7 Å². The standard InChI is InChI=1S/C10H2F6N3O4/c11-9(12,13)2-1-3-5(18-8(21)7(20)17-3)6(19(22)23)4(2)10(14,15)16/h1H,(H,17,20). The van der Waals surface area contributed by atoms with E-state index in [0.29, 0.717) is 0 Å². The second kappa shape index (κ2) is 4.82. The minimum Gasteiger partial charge on any atom is -0.316 e. The summed E-state index contributed by atoms with van der Waals surface area (Å²) in [6, 6.07) is -0.154. The van der Waals surface area contributed by atoms with E-state index in [4.69, 9.17) is 0 Å². The molecule has 0 bridgehead atoms. The van der Waals surface area contributed by atoms with Crippen LogP contribution in [0.15, 0.2) is 6.07 Å². The van der Waals surface area contributed by atoms with E-state index in [1.165, 1.54) is 0 Å². The molecule has 2 rings (SSSR count). The quantitative estimate of drug-likeness (QED) is 0.366. The first-order valence-corrected chi connectivity index (χ1v) is 5.41. The number of nitro groups is 1. The number of hydrogen-bond donors (Lipinski definition) is 1. The zero-order valence-corrected chi connectivity index (χ0v) is 10.4. The van der Waals surface area contributed by atoms with Crippen LogP contribution in [0, 0.1) is 10.1 Å². The third-order valence-corrected chi connectivity index (χ3v) is 2.70. The van der Waals surface area contributed by atoms with Gasteiger partial charge in [0.05, 0.1) is 16.2 Å². The van der Waals surface area contributed by atoms with Crippen molar-refractivity contribution in [3.8, 4) is 0 Å². The van der Waals surface area contributed by atoms with Crippen molar-refractivity contribution in [2.45, 2.75) is 12.4 Å². The summed E-state index contributed by atoms with van der Waals surface area (Å²) < 4.78 is 77.3. The minimum absolute atomic E-state index is 0.154. The molecule has 0 aliphatic carbocycles. The zero-order valence-electron chi connectivity index (χ0n) is 10.4. The van der Waals surface area contributed by atoms with Gasteiger partial charge in [-0.15, -0.1) is 0 Å². The molecule has 1 N–H and O–H groups in total. The Balaban J connectivity index is 2.95. The predicted molar refractivity (Wildman–Crippen MR) is 58.5 cm³/mol. The van der Waals surface area contributed by atoms with Gasteiger partial charge in [-0.1, -0.05) is 0 Å². The monoisotopic (exact) mass is 342 g/mol. The first kappa shape index (κ1) is 16.5. The summed E-state index contributed by atoms with van der Waals surface area (Å²) in [5, 5.41) is 15.2.